The first-order chi connectivity index (χ1) is 6.55. The summed E-state index contributed by atoms with van der Waals surface area (Å²) < 4.78 is 27.4. The van der Waals surface area contributed by atoms with Crippen LogP contribution in [0.5, 0.6) is 0 Å². The number of aromatic amines is 1. The number of aromatic nitrogens is 2. The average molecular weight is 234 g/mol. The Morgan fingerprint density at radius 3 is 2.93 bits per heavy atom. The standard InChI is InChI=1S/C7H10N2O3S2/c10-14(11)2-1-5(4-14)3-6-8-9-7(13)12-6/h5H,1-4H2,(H,9,13)/t5-/m0/s1. The third kappa shape index (κ3) is 2.21. The molecule has 78 valence electrons. The Bertz CT molecular complexity index is 473. The molecule has 2 rings (SSSR count). The van der Waals surface area contributed by atoms with Crippen LogP contribution in [0.3, 0.4) is 0 Å². The summed E-state index contributed by atoms with van der Waals surface area (Å²) >= 11 is 4.72. The van der Waals surface area contributed by atoms with E-state index < -0.39 is 9.84 Å². The lowest BCUT2D eigenvalue weighted by Crippen LogP contribution is -2.07. The molecule has 1 fully saturated rings. The van der Waals surface area contributed by atoms with E-state index in [9.17, 15) is 8.42 Å². The molecule has 0 bridgehead atoms. The molecule has 0 spiro atoms. The summed E-state index contributed by atoms with van der Waals surface area (Å²) in [4.78, 5) is 0.237. The van der Waals surface area contributed by atoms with E-state index in [0.717, 1.165) is 0 Å². The Balaban J connectivity index is 2.04. The number of hydrogen-bond donors (Lipinski definition) is 1. The van der Waals surface area contributed by atoms with Gasteiger partial charge < -0.3 is 4.42 Å². The molecule has 1 aliphatic heterocycles. The van der Waals surface area contributed by atoms with Crippen molar-refractivity contribution in [1.29, 1.82) is 0 Å². The van der Waals surface area contributed by atoms with E-state index in [2.05, 4.69) is 10.2 Å². The Kier molecular flexibility index (Phi) is 2.44. The van der Waals surface area contributed by atoms with Crippen molar-refractivity contribution in [2.45, 2.75) is 12.8 Å². The highest BCUT2D eigenvalue weighted by Gasteiger charge is 2.28. The number of H-pyrrole nitrogens is 1. The minimum absolute atomic E-state index is 0.126. The van der Waals surface area contributed by atoms with E-state index >= 15 is 0 Å². The minimum Gasteiger partial charge on any atom is -0.414 e. The number of hydrogen-bond acceptors (Lipinski definition) is 5. The van der Waals surface area contributed by atoms with Crippen molar-refractivity contribution in [1.82, 2.24) is 10.2 Å². The first-order valence-electron chi connectivity index (χ1n) is 4.30. The van der Waals surface area contributed by atoms with E-state index in [1.807, 2.05) is 0 Å². The fraction of sp³-hybridized carbons (Fsp3) is 0.714. The van der Waals surface area contributed by atoms with Crippen LogP contribution in [0, 0.1) is 10.8 Å². The molecule has 0 unspecified atom stereocenters. The van der Waals surface area contributed by atoms with Crippen molar-refractivity contribution < 1.29 is 12.8 Å². The molecule has 14 heavy (non-hydrogen) atoms. The molecular weight excluding hydrogens is 224 g/mol. The summed E-state index contributed by atoms with van der Waals surface area (Å²) in [5.74, 6) is 1.14. The third-order valence-corrected chi connectivity index (χ3v) is 4.28. The van der Waals surface area contributed by atoms with Gasteiger partial charge in [-0.05, 0) is 24.6 Å². The van der Waals surface area contributed by atoms with Crippen molar-refractivity contribution in [3.05, 3.63) is 10.7 Å². The molecule has 1 atom stereocenters. The molecule has 1 N–H and O–H groups in total. The van der Waals surface area contributed by atoms with Gasteiger partial charge >= 0.3 is 0 Å². The lowest BCUT2D eigenvalue weighted by molar-refractivity contribution is 0.438. The first-order valence-corrected chi connectivity index (χ1v) is 6.53. The summed E-state index contributed by atoms with van der Waals surface area (Å²) in [6.45, 7) is 0. The molecule has 7 heteroatoms. The molecule has 5 nitrogen and oxygen atoms in total. The fourth-order valence-electron chi connectivity index (χ4n) is 1.63. The molecule has 1 aromatic heterocycles. The highest BCUT2D eigenvalue weighted by molar-refractivity contribution is 7.91. The van der Waals surface area contributed by atoms with Gasteiger partial charge in [-0.2, -0.15) is 0 Å². The van der Waals surface area contributed by atoms with Crippen LogP contribution in [0.2, 0.25) is 0 Å². The zero-order chi connectivity index (χ0) is 10.2. The second-order valence-electron chi connectivity index (χ2n) is 3.48. The fourth-order valence-corrected chi connectivity index (χ4v) is 3.63. The summed E-state index contributed by atoms with van der Waals surface area (Å²) in [5.41, 5.74) is 0. The zero-order valence-corrected chi connectivity index (χ0v) is 9.03. The van der Waals surface area contributed by atoms with Gasteiger partial charge in [-0.15, -0.1) is 5.10 Å². The lowest BCUT2D eigenvalue weighted by atomic mass is 10.1. The smallest absolute Gasteiger partial charge is 0.284 e. The average Bonchev–Trinajstić information content (AvgIpc) is 2.59. The van der Waals surface area contributed by atoms with E-state index in [0.29, 0.717) is 18.7 Å². The number of sulfone groups is 1. The van der Waals surface area contributed by atoms with Crippen LogP contribution >= 0.6 is 12.2 Å². The highest BCUT2D eigenvalue weighted by Crippen LogP contribution is 2.21. The molecule has 0 aromatic carbocycles. The monoisotopic (exact) mass is 234 g/mol. The van der Waals surface area contributed by atoms with Gasteiger partial charge in [-0.1, -0.05) is 0 Å². The first kappa shape index (κ1) is 9.85. The van der Waals surface area contributed by atoms with Gasteiger partial charge in [0.05, 0.1) is 11.5 Å². The minimum atomic E-state index is -2.81. The van der Waals surface area contributed by atoms with Gasteiger partial charge in [0.25, 0.3) is 4.84 Å². The van der Waals surface area contributed by atoms with Gasteiger partial charge in [-0.3, -0.25) is 0 Å². The van der Waals surface area contributed by atoms with Crippen molar-refractivity contribution >= 4 is 22.1 Å². The summed E-state index contributed by atoms with van der Waals surface area (Å²) in [7, 11) is -2.81. The number of rotatable bonds is 2. The maximum atomic E-state index is 11.2. The van der Waals surface area contributed by atoms with Crippen LogP contribution in [-0.4, -0.2) is 30.1 Å². The van der Waals surface area contributed by atoms with Crippen molar-refractivity contribution in [2.75, 3.05) is 11.5 Å². The predicted octanol–water partition coefficient (Wildman–Crippen LogP) is 0.709. The summed E-state index contributed by atoms with van der Waals surface area (Å²) in [6.07, 6.45) is 1.24. The molecule has 1 saturated heterocycles. The third-order valence-electron chi connectivity index (χ3n) is 2.27. The number of nitrogens with one attached hydrogen (secondary N) is 1. The second kappa shape index (κ2) is 3.47. The molecular formula is C7H10N2O3S2. The second-order valence-corrected chi connectivity index (χ2v) is 6.08. The Morgan fingerprint density at radius 2 is 2.43 bits per heavy atom. The van der Waals surface area contributed by atoms with Gasteiger partial charge in [0.2, 0.25) is 5.89 Å². The summed E-state index contributed by atoms with van der Waals surface area (Å²) in [6, 6.07) is 0. The van der Waals surface area contributed by atoms with E-state index in [4.69, 9.17) is 16.6 Å². The predicted molar refractivity (Wildman–Crippen MR) is 52.2 cm³/mol. The van der Waals surface area contributed by atoms with Crippen molar-refractivity contribution in [3.8, 4) is 0 Å². The maximum Gasteiger partial charge on any atom is 0.284 e. The quantitative estimate of drug-likeness (QED) is 0.763. The zero-order valence-electron chi connectivity index (χ0n) is 7.39. The van der Waals surface area contributed by atoms with Crippen LogP contribution in [0.4, 0.5) is 0 Å². The van der Waals surface area contributed by atoms with Crippen LogP contribution in [-0.2, 0) is 16.3 Å². The highest BCUT2D eigenvalue weighted by atomic mass is 32.2. The molecule has 0 radical (unpaired) electrons. The molecule has 0 amide bonds. The van der Waals surface area contributed by atoms with Gasteiger partial charge in [-0.25, -0.2) is 13.5 Å². The van der Waals surface area contributed by atoms with Crippen LogP contribution in [0.15, 0.2) is 4.42 Å². The lowest BCUT2D eigenvalue weighted by Gasteiger charge is -2.01. The molecule has 1 aromatic rings. The Hall–Kier alpha value is -0.690. The van der Waals surface area contributed by atoms with Gasteiger partial charge in [0.15, 0.2) is 9.84 Å². The topological polar surface area (TPSA) is 76.0 Å². The van der Waals surface area contributed by atoms with Crippen LogP contribution in [0.1, 0.15) is 12.3 Å². The SMILES string of the molecule is O=S1(=O)CC[C@@H](Cc2n[nH]c(=S)o2)C1. The molecule has 2 heterocycles. The van der Waals surface area contributed by atoms with Crippen molar-refractivity contribution in [2.24, 2.45) is 5.92 Å². The molecule has 0 saturated carbocycles. The van der Waals surface area contributed by atoms with Crippen molar-refractivity contribution in [3.63, 3.8) is 0 Å². The normalized spacial score (nSPS) is 25.3. The van der Waals surface area contributed by atoms with Crippen LogP contribution in [0.25, 0.3) is 0 Å². The Labute approximate surface area is 86.4 Å². The molecule has 1 aliphatic rings. The summed E-state index contributed by atoms with van der Waals surface area (Å²) in [5, 5.41) is 6.35. The number of nitrogens with zero attached hydrogens (tertiary/aromatic N) is 1. The maximum absolute atomic E-state index is 11.2. The largest absolute Gasteiger partial charge is 0.414 e. The van der Waals surface area contributed by atoms with Gasteiger partial charge in [0, 0.05) is 6.42 Å². The van der Waals surface area contributed by atoms with Gasteiger partial charge in [0.1, 0.15) is 0 Å². The van der Waals surface area contributed by atoms with Crippen LogP contribution < -0.4 is 0 Å². The van der Waals surface area contributed by atoms with E-state index in [-0.39, 0.29) is 22.3 Å². The molecule has 0 aliphatic carbocycles. The van der Waals surface area contributed by atoms with E-state index in [1.165, 1.54) is 0 Å². The van der Waals surface area contributed by atoms with E-state index in [1.54, 1.807) is 0 Å². The Morgan fingerprint density at radius 1 is 1.64 bits per heavy atom.